The molecule has 5 nitrogen and oxygen atoms in total. The van der Waals surface area contributed by atoms with Crippen LogP contribution < -0.4 is 0 Å². The molecule has 1 saturated carbocycles. The zero-order valence-electron chi connectivity index (χ0n) is 16.2. The number of aromatic amines is 1. The van der Waals surface area contributed by atoms with Gasteiger partial charge in [-0.05, 0) is 49.1 Å². The maximum atomic E-state index is 13.4. The van der Waals surface area contributed by atoms with Gasteiger partial charge < -0.3 is 14.5 Å². The van der Waals surface area contributed by atoms with Crippen molar-refractivity contribution >= 4 is 16.9 Å². The number of hydrogen-bond acceptors (Lipinski definition) is 4. The number of esters is 1. The molecule has 2 saturated heterocycles. The summed E-state index contributed by atoms with van der Waals surface area (Å²) in [4.78, 5) is 19.7. The van der Waals surface area contributed by atoms with E-state index in [4.69, 9.17) is 9.47 Å². The van der Waals surface area contributed by atoms with E-state index in [9.17, 15) is 4.79 Å². The van der Waals surface area contributed by atoms with E-state index < -0.39 is 5.41 Å². The van der Waals surface area contributed by atoms with Crippen molar-refractivity contribution in [3.63, 3.8) is 0 Å². The summed E-state index contributed by atoms with van der Waals surface area (Å²) in [5, 5.41) is 1.26. The number of nitrogens with zero attached hydrogens (tertiary/aromatic N) is 1. The van der Waals surface area contributed by atoms with Crippen LogP contribution in [-0.4, -0.2) is 55.8 Å². The molecule has 144 valence electrons. The largest absolute Gasteiger partial charge is 0.468 e. The van der Waals surface area contributed by atoms with Crippen molar-refractivity contribution < 1.29 is 14.3 Å². The highest BCUT2D eigenvalue weighted by molar-refractivity contribution is 5.91. The Morgan fingerprint density at radius 2 is 2.19 bits per heavy atom. The Bertz CT molecular complexity index is 876. The van der Waals surface area contributed by atoms with E-state index in [1.807, 2.05) is 0 Å². The monoisotopic (exact) mass is 368 g/mol. The molecule has 27 heavy (non-hydrogen) atoms. The molecule has 0 amide bonds. The normalized spacial score (nSPS) is 34.3. The van der Waals surface area contributed by atoms with E-state index in [0.29, 0.717) is 11.8 Å². The lowest BCUT2D eigenvalue weighted by Gasteiger charge is -2.58. The van der Waals surface area contributed by atoms with Crippen LogP contribution in [0.1, 0.15) is 30.5 Å². The SMILES string of the molecule is COCC[C@@H]1CC2CN3CCc4c([nH]c5ccccc45)[C@@](C(=O)OC)(C2)C13. The molecule has 1 aromatic heterocycles. The first-order chi connectivity index (χ1) is 13.2. The lowest BCUT2D eigenvalue weighted by molar-refractivity contribution is -0.162. The third-order valence-electron chi connectivity index (χ3n) is 7.24. The summed E-state index contributed by atoms with van der Waals surface area (Å²) in [5.41, 5.74) is 2.99. The van der Waals surface area contributed by atoms with E-state index in [1.165, 1.54) is 17.4 Å². The molecule has 4 aliphatic rings. The number of nitrogens with one attached hydrogen (secondary N) is 1. The predicted octanol–water partition coefficient (Wildman–Crippen LogP) is 2.88. The number of para-hydroxylation sites is 1. The number of rotatable bonds is 4. The highest BCUT2D eigenvalue weighted by Gasteiger charge is 2.62. The van der Waals surface area contributed by atoms with Gasteiger partial charge >= 0.3 is 5.97 Å². The predicted molar refractivity (Wildman–Crippen MR) is 104 cm³/mol. The Labute approximate surface area is 160 Å². The van der Waals surface area contributed by atoms with E-state index in [0.717, 1.165) is 50.2 Å². The Morgan fingerprint density at radius 1 is 1.33 bits per heavy atom. The standard InChI is InChI=1S/C22H28N2O3/c1-26-10-8-15-11-14-12-22(21(25)27-2)19-17(7-9-24(13-14)20(15)22)16-5-3-4-6-18(16)23-19/h3-6,14-15,20,23H,7-13H2,1-2H3/t14?,15-,20?,22+/m1/s1. The van der Waals surface area contributed by atoms with Crippen LogP contribution in [0.5, 0.6) is 0 Å². The van der Waals surface area contributed by atoms with E-state index in [1.54, 1.807) is 14.2 Å². The van der Waals surface area contributed by atoms with Crippen LogP contribution in [0.2, 0.25) is 0 Å². The minimum Gasteiger partial charge on any atom is -0.468 e. The molecule has 4 heterocycles. The Kier molecular flexibility index (Phi) is 4.06. The van der Waals surface area contributed by atoms with Gasteiger partial charge in [-0.25, -0.2) is 0 Å². The molecule has 2 aromatic rings. The Morgan fingerprint density at radius 3 is 3.00 bits per heavy atom. The summed E-state index contributed by atoms with van der Waals surface area (Å²) >= 11 is 0. The molecular formula is C22H28N2O3. The van der Waals surface area contributed by atoms with Gasteiger partial charge in [0.2, 0.25) is 0 Å². The number of piperidine rings is 2. The molecule has 1 N–H and O–H groups in total. The first-order valence-corrected chi connectivity index (χ1v) is 10.1. The first-order valence-electron chi connectivity index (χ1n) is 10.1. The quantitative estimate of drug-likeness (QED) is 0.843. The fourth-order valence-corrected chi connectivity index (χ4v) is 6.42. The van der Waals surface area contributed by atoms with E-state index in [2.05, 4.69) is 34.1 Å². The van der Waals surface area contributed by atoms with Crippen LogP contribution in [0.15, 0.2) is 24.3 Å². The van der Waals surface area contributed by atoms with Gasteiger partial charge in [0.25, 0.3) is 0 Å². The molecular weight excluding hydrogens is 340 g/mol. The minimum atomic E-state index is -0.584. The number of H-pyrrole nitrogens is 1. The van der Waals surface area contributed by atoms with Crippen LogP contribution in [0.4, 0.5) is 0 Å². The van der Waals surface area contributed by atoms with Crippen molar-refractivity contribution in [2.45, 2.75) is 37.1 Å². The number of benzene rings is 1. The second kappa shape index (κ2) is 6.35. The van der Waals surface area contributed by atoms with E-state index >= 15 is 0 Å². The summed E-state index contributed by atoms with van der Waals surface area (Å²) in [6.45, 7) is 2.87. The smallest absolute Gasteiger partial charge is 0.319 e. The van der Waals surface area contributed by atoms with E-state index in [-0.39, 0.29) is 12.0 Å². The third-order valence-corrected chi connectivity index (χ3v) is 7.24. The summed E-state index contributed by atoms with van der Waals surface area (Å²) in [6, 6.07) is 8.65. The number of ether oxygens (including phenoxy) is 2. The molecule has 5 atom stereocenters. The topological polar surface area (TPSA) is 54.6 Å². The average Bonchev–Trinajstić information content (AvgIpc) is 3.04. The maximum absolute atomic E-state index is 13.4. The molecule has 3 aliphatic heterocycles. The van der Waals surface area contributed by atoms with Gasteiger partial charge in [-0.2, -0.15) is 0 Å². The van der Waals surface area contributed by atoms with Crippen molar-refractivity contribution in [1.82, 2.24) is 9.88 Å². The van der Waals surface area contributed by atoms with Gasteiger partial charge in [0.15, 0.2) is 0 Å². The summed E-state index contributed by atoms with van der Waals surface area (Å²) in [5.74, 6) is 0.932. The minimum absolute atomic E-state index is 0.0703. The molecule has 3 unspecified atom stereocenters. The number of hydrogen-bond donors (Lipinski definition) is 1. The van der Waals surface area contributed by atoms with Gasteiger partial charge in [-0.1, -0.05) is 18.2 Å². The summed E-state index contributed by atoms with van der Waals surface area (Å²) < 4.78 is 10.9. The maximum Gasteiger partial charge on any atom is 0.319 e. The molecule has 3 fully saturated rings. The number of carbonyl (C=O) groups excluding carboxylic acids is 1. The lowest BCUT2D eigenvalue weighted by atomic mass is 9.56. The number of fused-ring (bicyclic) bond motifs is 4. The van der Waals surface area contributed by atoms with Gasteiger partial charge in [-0.3, -0.25) is 9.69 Å². The Balaban J connectivity index is 1.72. The molecule has 1 aliphatic carbocycles. The van der Waals surface area contributed by atoms with Gasteiger partial charge in [0, 0.05) is 49.4 Å². The second-order valence-corrected chi connectivity index (χ2v) is 8.52. The van der Waals surface area contributed by atoms with Crippen LogP contribution in [0.25, 0.3) is 10.9 Å². The molecule has 0 radical (unpaired) electrons. The molecule has 5 heteroatoms. The highest BCUT2D eigenvalue weighted by atomic mass is 16.5. The second-order valence-electron chi connectivity index (χ2n) is 8.52. The summed E-state index contributed by atoms with van der Waals surface area (Å²) in [7, 11) is 3.31. The highest BCUT2D eigenvalue weighted by Crippen LogP contribution is 2.55. The van der Waals surface area contributed by atoms with Gasteiger partial charge in [-0.15, -0.1) is 0 Å². The zero-order chi connectivity index (χ0) is 18.6. The fourth-order valence-electron chi connectivity index (χ4n) is 6.42. The lowest BCUT2D eigenvalue weighted by Crippen LogP contribution is -2.67. The summed E-state index contributed by atoms with van der Waals surface area (Å²) in [6.07, 6.45) is 4.07. The number of methoxy groups -OCH3 is 2. The van der Waals surface area contributed by atoms with Crippen LogP contribution >= 0.6 is 0 Å². The average molecular weight is 368 g/mol. The Hall–Kier alpha value is -1.85. The molecule has 6 rings (SSSR count). The van der Waals surface area contributed by atoms with Crippen molar-refractivity contribution in [3.05, 3.63) is 35.5 Å². The first kappa shape index (κ1) is 17.3. The third kappa shape index (κ3) is 2.34. The van der Waals surface area contributed by atoms with Crippen LogP contribution in [0.3, 0.4) is 0 Å². The van der Waals surface area contributed by atoms with Crippen molar-refractivity contribution in [2.75, 3.05) is 33.9 Å². The van der Waals surface area contributed by atoms with Gasteiger partial charge in [0.1, 0.15) is 5.41 Å². The number of carbonyl (C=O) groups is 1. The van der Waals surface area contributed by atoms with Crippen LogP contribution in [0, 0.1) is 11.8 Å². The van der Waals surface area contributed by atoms with Crippen LogP contribution in [-0.2, 0) is 26.1 Å². The molecule has 1 aromatic carbocycles. The fraction of sp³-hybridized carbons (Fsp3) is 0.591. The van der Waals surface area contributed by atoms with Crippen molar-refractivity contribution in [2.24, 2.45) is 11.8 Å². The van der Waals surface area contributed by atoms with Crippen molar-refractivity contribution in [1.29, 1.82) is 0 Å². The van der Waals surface area contributed by atoms with Gasteiger partial charge in [0.05, 0.1) is 7.11 Å². The molecule has 4 bridgehead atoms. The zero-order valence-corrected chi connectivity index (χ0v) is 16.2. The molecule has 0 spiro atoms. The van der Waals surface area contributed by atoms with Crippen molar-refractivity contribution in [3.8, 4) is 0 Å². The number of aromatic nitrogens is 1.